The highest BCUT2D eigenvalue weighted by Crippen LogP contribution is 2.28. The second kappa shape index (κ2) is 2.93. The van der Waals surface area contributed by atoms with Gasteiger partial charge in [-0.15, -0.1) is 0 Å². The van der Waals surface area contributed by atoms with E-state index in [0.717, 1.165) is 0 Å². The monoisotopic (exact) mass is 183 g/mol. The van der Waals surface area contributed by atoms with E-state index in [-0.39, 0.29) is 13.0 Å². The van der Waals surface area contributed by atoms with Crippen LogP contribution >= 0.6 is 0 Å². The molecule has 6 heteroatoms. The molecule has 1 rings (SSSR count). The first-order chi connectivity index (χ1) is 5.41. The van der Waals surface area contributed by atoms with Crippen LogP contribution in [-0.4, -0.2) is 29.8 Å². The van der Waals surface area contributed by atoms with Crippen molar-refractivity contribution in [3.05, 3.63) is 0 Å². The van der Waals surface area contributed by atoms with Crippen LogP contribution in [0.4, 0.5) is 13.2 Å². The van der Waals surface area contributed by atoms with Gasteiger partial charge in [0.15, 0.2) is 0 Å². The van der Waals surface area contributed by atoms with Crippen molar-refractivity contribution >= 4 is 5.97 Å². The number of hydrogen-bond donors (Lipinski definition) is 2. The summed E-state index contributed by atoms with van der Waals surface area (Å²) in [7, 11) is 0. The summed E-state index contributed by atoms with van der Waals surface area (Å²) >= 11 is 0. The molecule has 3 nitrogen and oxygen atoms in total. The summed E-state index contributed by atoms with van der Waals surface area (Å²) in [5.74, 6) is -2.08. The van der Waals surface area contributed by atoms with E-state index in [0.29, 0.717) is 0 Å². The normalized spacial score (nSPS) is 30.6. The molecule has 0 bridgehead atoms. The maximum absolute atomic E-state index is 11.9. The molecule has 2 N–H and O–H groups in total. The van der Waals surface area contributed by atoms with Gasteiger partial charge in [-0.2, -0.15) is 13.2 Å². The van der Waals surface area contributed by atoms with Gasteiger partial charge in [0.2, 0.25) is 0 Å². The smallest absolute Gasteiger partial charge is 0.403 e. The van der Waals surface area contributed by atoms with Gasteiger partial charge in [0, 0.05) is 6.54 Å². The minimum Gasteiger partial charge on any atom is -0.481 e. The minimum absolute atomic E-state index is 0.0977. The number of aliphatic carboxylic acids is 1. The Balaban J connectivity index is 2.51. The predicted octanol–water partition coefficient (Wildman–Crippen LogP) is 0.611. The van der Waals surface area contributed by atoms with Crippen LogP contribution in [0.25, 0.3) is 0 Å². The molecule has 2 unspecified atom stereocenters. The van der Waals surface area contributed by atoms with E-state index in [1.807, 2.05) is 0 Å². The third-order valence-electron chi connectivity index (χ3n) is 1.88. The first-order valence-electron chi connectivity index (χ1n) is 3.44. The van der Waals surface area contributed by atoms with Gasteiger partial charge in [0.1, 0.15) is 6.04 Å². The second-order valence-electron chi connectivity index (χ2n) is 2.77. The van der Waals surface area contributed by atoms with Crippen molar-refractivity contribution < 1.29 is 23.1 Å². The zero-order valence-corrected chi connectivity index (χ0v) is 6.06. The van der Waals surface area contributed by atoms with Crippen LogP contribution in [0, 0.1) is 5.92 Å². The molecule has 0 radical (unpaired) electrons. The lowest BCUT2D eigenvalue weighted by molar-refractivity contribution is -0.154. The molecule has 0 aromatic heterocycles. The number of alkyl halides is 3. The fourth-order valence-corrected chi connectivity index (χ4v) is 1.17. The molecule has 2 atom stereocenters. The maximum Gasteiger partial charge on any atom is 0.403 e. The molecule has 1 saturated heterocycles. The molecular weight excluding hydrogens is 175 g/mol. The van der Waals surface area contributed by atoms with Gasteiger partial charge in [-0.05, 0) is 6.42 Å². The highest BCUT2D eigenvalue weighted by Gasteiger charge is 2.45. The Morgan fingerprint density at radius 3 is 2.33 bits per heavy atom. The number of halogens is 3. The number of carboxylic acids is 1. The Morgan fingerprint density at radius 2 is 2.08 bits per heavy atom. The Bertz CT molecular complexity index is 192. The van der Waals surface area contributed by atoms with E-state index >= 15 is 0 Å². The summed E-state index contributed by atoms with van der Waals surface area (Å²) in [5.41, 5.74) is 0. The molecule has 1 heterocycles. The van der Waals surface area contributed by atoms with Crippen molar-refractivity contribution in [1.29, 1.82) is 0 Å². The molecule has 0 saturated carbocycles. The second-order valence-corrected chi connectivity index (χ2v) is 2.77. The summed E-state index contributed by atoms with van der Waals surface area (Å²) in [6, 6.07) is -1.65. The molecule has 0 aliphatic carbocycles. The Labute approximate surface area is 66.6 Å². The highest BCUT2D eigenvalue weighted by atomic mass is 19.4. The molecular formula is C6H8F3NO2. The van der Waals surface area contributed by atoms with Crippen LogP contribution in [-0.2, 0) is 4.79 Å². The third-order valence-corrected chi connectivity index (χ3v) is 1.88. The fourth-order valence-electron chi connectivity index (χ4n) is 1.17. The number of carbonyl (C=O) groups is 1. The lowest BCUT2D eigenvalue weighted by atomic mass is 10.1. The first kappa shape index (κ1) is 9.31. The SMILES string of the molecule is O=C(O)C1CNC(C(F)(F)F)C1. The highest BCUT2D eigenvalue weighted by molar-refractivity contribution is 5.70. The van der Waals surface area contributed by atoms with Crippen molar-refractivity contribution in [1.82, 2.24) is 5.32 Å². The lowest BCUT2D eigenvalue weighted by Gasteiger charge is -2.13. The Kier molecular flexibility index (Phi) is 2.27. The Hall–Kier alpha value is -0.780. The van der Waals surface area contributed by atoms with Crippen molar-refractivity contribution in [3.8, 4) is 0 Å². The molecule has 0 spiro atoms. The van der Waals surface area contributed by atoms with Gasteiger partial charge in [-0.1, -0.05) is 0 Å². The molecule has 1 aliphatic heterocycles. The van der Waals surface area contributed by atoms with Gasteiger partial charge >= 0.3 is 12.1 Å². The summed E-state index contributed by atoms with van der Waals surface area (Å²) in [4.78, 5) is 10.3. The van der Waals surface area contributed by atoms with Crippen molar-refractivity contribution in [2.45, 2.75) is 18.6 Å². The zero-order valence-electron chi connectivity index (χ0n) is 6.06. The summed E-state index contributed by atoms with van der Waals surface area (Å²) in [5, 5.41) is 10.5. The summed E-state index contributed by atoms with van der Waals surface area (Å²) in [6.45, 7) is -0.0977. The average Bonchev–Trinajstić information content (AvgIpc) is 2.30. The van der Waals surface area contributed by atoms with Gasteiger partial charge in [-0.3, -0.25) is 4.79 Å². The molecule has 70 valence electrons. The quantitative estimate of drug-likeness (QED) is 0.626. The average molecular weight is 183 g/mol. The minimum atomic E-state index is -4.33. The molecule has 1 fully saturated rings. The Morgan fingerprint density at radius 1 is 1.50 bits per heavy atom. The van der Waals surface area contributed by atoms with Gasteiger partial charge in [-0.25, -0.2) is 0 Å². The fraction of sp³-hybridized carbons (Fsp3) is 0.833. The van der Waals surface area contributed by atoms with Crippen LogP contribution < -0.4 is 5.32 Å². The topological polar surface area (TPSA) is 49.3 Å². The van der Waals surface area contributed by atoms with Crippen molar-refractivity contribution in [2.24, 2.45) is 5.92 Å². The van der Waals surface area contributed by atoms with Crippen molar-refractivity contribution in [3.63, 3.8) is 0 Å². The maximum atomic E-state index is 11.9. The predicted molar refractivity (Wildman–Crippen MR) is 33.6 cm³/mol. The van der Waals surface area contributed by atoms with Gasteiger partial charge in [0.05, 0.1) is 5.92 Å². The van der Waals surface area contributed by atoms with Crippen LogP contribution in [0.5, 0.6) is 0 Å². The van der Waals surface area contributed by atoms with Crippen molar-refractivity contribution in [2.75, 3.05) is 6.54 Å². The van der Waals surface area contributed by atoms with E-state index < -0.39 is 24.1 Å². The van der Waals surface area contributed by atoms with Gasteiger partial charge < -0.3 is 10.4 Å². The number of rotatable bonds is 1. The van der Waals surface area contributed by atoms with Crippen LogP contribution in [0.2, 0.25) is 0 Å². The molecule has 12 heavy (non-hydrogen) atoms. The van der Waals surface area contributed by atoms with E-state index in [9.17, 15) is 18.0 Å². The van der Waals surface area contributed by atoms with Gasteiger partial charge in [0.25, 0.3) is 0 Å². The summed E-state index contributed by atoms with van der Waals surface area (Å²) < 4.78 is 35.8. The molecule has 0 amide bonds. The molecule has 0 aromatic rings. The zero-order chi connectivity index (χ0) is 9.35. The van der Waals surface area contributed by atoms with E-state index in [1.165, 1.54) is 0 Å². The standard InChI is InChI=1S/C6H8F3NO2/c7-6(8,9)4-1-3(2-10-4)5(11)12/h3-4,10H,1-2H2,(H,11,12). The summed E-state index contributed by atoms with van der Waals surface area (Å²) in [6.07, 6.45) is -4.69. The number of nitrogens with one attached hydrogen (secondary N) is 1. The largest absolute Gasteiger partial charge is 0.481 e. The third kappa shape index (κ3) is 1.88. The van der Waals surface area contributed by atoms with Crippen LogP contribution in [0.1, 0.15) is 6.42 Å². The molecule has 0 aromatic carbocycles. The van der Waals surface area contributed by atoms with Crippen LogP contribution in [0.3, 0.4) is 0 Å². The van der Waals surface area contributed by atoms with E-state index in [2.05, 4.69) is 5.32 Å². The number of hydrogen-bond acceptors (Lipinski definition) is 2. The first-order valence-corrected chi connectivity index (χ1v) is 3.44. The van der Waals surface area contributed by atoms with Crippen LogP contribution in [0.15, 0.2) is 0 Å². The van der Waals surface area contributed by atoms with E-state index in [1.54, 1.807) is 0 Å². The van der Waals surface area contributed by atoms with E-state index in [4.69, 9.17) is 5.11 Å². The number of carboxylic acid groups (broad SMARTS) is 1. The molecule has 1 aliphatic rings. The lowest BCUT2D eigenvalue weighted by Crippen LogP contribution is -2.36.